The van der Waals surface area contributed by atoms with E-state index in [1.54, 1.807) is 6.92 Å². The van der Waals surface area contributed by atoms with Crippen molar-refractivity contribution in [3.05, 3.63) is 0 Å². The van der Waals surface area contributed by atoms with E-state index >= 15 is 0 Å². The van der Waals surface area contributed by atoms with Gasteiger partial charge in [0, 0.05) is 6.04 Å². The number of carbonyl (C=O) groups excluding carboxylic acids is 1. The zero-order valence-electron chi connectivity index (χ0n) is 11.2. The molecule has 1 amide bonds. The molecule has 1 saturated carbocycles. The van der Waals surface area contributed by atoms with Crippen molar-refractivity contribution in [1.29, 1.82) is 0 Å². The van der Waals surface area contributed by atoms with Crippen LogP contribution >= 0.6 is 0 Å². The Kier molecular flexibility index (Phi) is 5.14. The van der Waals surface area contributed by atoms with E-state index in [0.29, 0.717) is 19.3 Å². The lowest BCUT2D eigenvalue weighted by atomic mass is 9.71. The minimum atomic E-state index is -0.861. The summed E-state index contributed by atoms with van der Waals surface area (Å²) in [5.74, 6) is -1.06. The van der Waals surface area contributed by atoms with Crippen LogP contribution in [0.5, 0.6) is 0 Å². The van der Waals surface area contributed by atoms with Crippen molar-refractivity contribution in [3.8, 4) is 0 Å². The van der Waals surface area contributed by atoms with E-state index in [0.717, 1.165) is 19.3 Å². The summed E-state index contributed by atoms with van der Waals surface area (Å²) in [6.07, 6.45) is 4.65. The van der Waals surface area contributed by atoms with Gasteiger partial charge in [0.2, 0.25) is 5.91 Å². The lowest BCUT2D eigenvalue weighted by Crippen LogP contribution is -2.55. The fourth-order valence-electron chi connectivity index (χ4n) is 2.54. The molecule has 5 heteroatoms. The van der Waals surface area contributed by atoms with E-state index in [9.17, 15) is 14.7 Å². The molecule has 0 radical (unpaired) electrons. The highest BCUT2D eigenvalue weighted by Gasteiger charge is 2.44. The van der Waals surface area contributed by atoms with Crippen molar-refractivity contribution in [2.24, 2.45) is 11.1 Å². The topological polar surface area (TPSA) is 92.4 Å². The maximum atomic E-state index is 11.9. The van der Waals surface area contributed by atoms with Crippen molar-refractivity contribution in [3.63, 3.8) is 0 Å². The maximum absolute atomic E-state index is 11.9. The lowest BCUT2D eigenvalue weighted by Gasteiger charge is -2.38. The molecular formula is C13H24N2O3. The smallest absolute Gasteiger partial charge is 0.311 e. The third-order valence-electron chi connectivity index (χ3n) is 3.95. The number of carboxylic acid groups (broad SMARTS) is 1. The molecule has 5 nitrogen and oxygen atoms in total. The van der Waals surface area contributed by atoms with Crippen LogP contribution in [0.25, 0.3) is 0 Å². The van der Waals surface area contributed by atoms with Crippen LogP contribution in [0.2, 0.25) is 0 Å². The van der Waals surface area contributed by atoms with Gasteiger partial charge in [-0.05, 0) is 26.2 Å². The summed E-state index contributed by atoms with van der Waals surface area (Å²) in [5.41, 5.74) is 4.89. The molecule has 1 fully saturated rings. The number of nitrogens with two attached hydrogens (primary N) is 1. The van der Waals surface area contributed by atoms with Gasteiger partial charge in [-0.25, -0.2) is 0 Å². The highest BCUT2D eigenvalue weighted by atomic mass is 16.4. The van der Waals surface area contributed by atoms with Gasteiger partial charge in [-0.1, -0.05) is 26.2 Å². The average molecular weight is 256 g/mol. The molecule has 0 spiro atoms. The molecule has 1 aliphatic carbocycles. The van der Waals surface area contributed by atoms with Crippen molar-refractivity contribution in [1.82, 2.24) is 5.32 Å². The van der Waals surface area contributed by atoms with E-state index in [4.69, 9.17) is 5.73 Å². The highest BCUT2D eigenvalue weighted by Crippen LogP contribution is 2.36. The first kappa shape index (κ1) is 15.0. The number of carbonyl (C=O) groups is 2. The number of carboxylic acids is 1. The van der Waals surface area contributed by atoms with Gasteiger partial charge in [-0.15, -0.1) is 0 Å². The van der Waals surface area contributed by atoms with E-state index in [1.165, 1.54) is 0 Å². The van der Waals surface area contributed by atoms with Crippen molar-refractivity contribution in [2.45, 2.75) is 64.5 Å². The summed E-state index contributed by atoms with van der Waals surface area (Å²) in [6, 6.07) is -0.839. The molecule has 1 aliphatic rings. The Balaban J connectivity index is 2.68. The van der Waals surface area contributed by atoms with Crippen molar-refractivity contribution in [2.75, 3.05) is 0 Å². The largest absolute Gasteiger partial charge is 0.481 e. The summed E-state index contributed by atoms with van der Waals surface area (Å²) in [7, 11) is 0. The van der Waals surface area contributed by atoms with Gasteiger partial charge in [0.05, 0.1) is 11.5 Å². The van der Waals surface area contributed by atoms with Crippen molar-refractivity contribution < 1.29 is 14.7 Å². The second-order valence-electron chi connectivity index (χ2n) is 5.42. The second-order valence-corrected chi connectivity index (χ2v) is 5.42. The van der Waals surface area contributed by atoms with Gasteiger partial charge >= 0.3 is 5.97 Å². The van der Waals surface area contributed by atoms with Gasteiger partial charge in [-0.3, -0.25) is 9.59 Å². The van der Waals surface area contributed by atoms with Gasteiger partial charge in [0.25, 0.3) is 0 Å². The molecule has 3 atom stereocenters. The molecule has 4 N–H and O–H groups in total. The fourth-order valence-corrected chi connectivity index (χ4v) is 2.54. The predicted molar refractivity (Wildman–Crippen MR) is 69.0 cm³/mol. The van der Waals surface area contributed by atoms with E-state index in [-0.39, 0.29) is 11.9 Å². The van der Waals surface area contributed by atoms with Gasteiger partial charge in [0.1, 0.15) is 0 Å². The van der Waals surface area contributed by atoms with E-state index < -0.39 is 17.4 Å². The molecule has 0 aromatic heterocycles. The summed E-state index contributed by atoms with van der Waals surface area (Å²) >= 11 is 0. The molecule has 0 heterocycles. The third kappa shape index (κ3) is 3.22. The first-order chi connectivity index (χ1) is 8.41. The molecule has 0 saturated heterocycles. The molecule has 0 aromatic rings. The molecule has 3 unspecified atom stereocenters. The standard InChI is InChI=1S/C13H24N2O3/c1-3-6-9(14)11(16)15-10-7-4-5-8-13(10,2)12(17)18/h9-10H,3-8,14H2,1-2H3,(H,15,16)(H,17,18). The first-order valence-electron chi connectivity index (χ1n) is 6.71. The summed E-state index contributed by atoms with van der Waals surface area (Å²) < 4.78 is 0. The van der Waals surface area contributed by atoms with Crippen LogP contribution in [-0.2, 0) is 9.59 Å². The predicted octanol–water partition coefficient (Wildman–Crippen LogP) is 1.26. The summed E-state index contributed by atoms with van der Waals surface area (Å²) in [6.45, 7) is 3.68. The quantitative estimate of drug-likeness (QED) is 0.690. The Hall–Kier alpha value is -1.10. The van der Waals surface area contributed by atoms with Crippen molar-refractivity contribution >= 4 is 11.9 Å². The first-order valence-corrected chi connectivity index (χ1v) is 6.71. The molecule has 1 rings (SSSR count). The fraction of sp³-hybridized carbons (Fsp3) is 0.846. The minimum absolute atomic E-state index is 0.226. The Morgan fingerprint density at radius 1 is 1.50 bits per heavy atom. The van der Waals surface area contributed by atoms with Gasteiger partial charge < -0.3 is 16.2 Å². The Labute approximate surface area is 108 Å². The van der Waals surface area contributed by atoms with Crippen LogP contribution in [0.4, 0.5) is 0 Å². The van der Waals surface area contributed by atoms with E-state index in [2.05, 4.69) is 5.32 Å². The number of aliphatic carboxylic acids is 1. The zero-order chi connectivity index (χ0) is 13.8. The van der Waals surface area contributed by atoms with Crippen LogP contribution in [0.1, 0.15) is 52.4 Å². The van der Waals surface area contributed by atoms with Crippen LogP contribution < -0.4 is 11.1 Å². The third-order valence-corrected chi connectivity index (χ3v) is 3.95. The molecule has 0 aliphatic heterocycles. The lowest BCUT2D eigenvalue weighted by molar-refractivity contribution is -0.152. The zero-order valence-corrected chi connectivity index (χ0v) is 11.2. The Morgan fingerprint density at radius 2 is 2.17 bits per heavy atom. The Morgan fingerprint density at radius 3 is 2.72 bits per heavy atom. The minimum Gasteiger partial charge on any atom is -0.481 e. The number of rotatable bonds is 5. The molecule has 0 bridgehead atoms. The number of hydrogen-bond donors (Lipinski definition) is 3. The summed E-state index contributed by atoms with van der Waals surface area (Å²) in [4.78, 5) is 23.3. The molecular weight excluding hydrogens is 232 g/mol. The van der Waals surface area contributed by atoms with Crippen LogP contribution in [0.15, 0.2) is 0 Å². The molecule has 18 heavy (non-hydrogen) atoms. The molecule has 0 aromatic carbocycles. The van der Waals surface area contributed by atoms with Crippen LogP contribution in [0, 0.1) is 5.41 Å². The average Bonchev–Trinajstić information content (AvgIpc) is 2.32. The monoisotopic (exact) mass is 256 g/mol. The second kappa shape index (κ2) is 6.18. The van der Waals surface area contributed by atoms with Crippen LogP contribution in [0.3, 0.4) is 0 Å². The number of hydrogen-bond acceptors (Lipinski definition) is 3. The number of nitrogens with one attached hydrogen (secondary N) is 1. The van der Waals surface area contributed by atoms with Gasteiger partial charge in [0.15, 0.2) is 0 Å². The Bertz CT molecular complexity index is 319. The van der Waals surface area contributed by atoms with Crippen LogP contribution in [-0.4, -0.2) is 29.1 Å². The van der Waals surface area contributed by atoms with E-state index in [1.807, 2.05) is 6.92 Å². The number of amides is 1. The SMILES string of the molecule is CCCC(N)C(=O)NC1CCCCC1(C)C(=O)O. The normalized spacial score (nSPS) is 29.6. The maximum Gasteiger partial charge on any atom is 0.311 e. The molecule has 104 valence electrons. The van der Waals surface area contributed by atoms with Gasteiger partial charge in [-0.2, -0.15) is 0 Å². The summed E-state index contributed by atoms with van der Waals surface area (Å²) in [5, 5.41) is 12.2. The highest BCUT2D eigenvalue weighted by molar-refractivity contribution is 5.83.